The highest BCUT2D eigenvalue weighted by Gasteiger charge is 2.31. The summed E-state index contributed by atoms with van der Waals surface area (Å²) < 4.78 is 0. The molecule has 2 heteroatoms. The Labute approximate surface area is 105 Å². The van der Waals surface area contributed by atoms with E-state index in [0.29, 0.717) is 5.92 Å². The zero-order valence-electron chi connectivity index (χ0n) is 11.2. The fourth-order valence-corrected chi connectivity index (χ4v) is 1.91. The first-order chi connectivity index (χ1) is 8.01. The molecule has 0 aromatic heterocycles. The Bertz CT molecular complexity index is 393. The lowest BCUT2D eigenvalue weighted by atomic mass is 9.89. The van der Waals surface area contributed by atoms with Crippen LogP contribution in [0, 0.1) is 5.92 Å². The molecule has 1 aromatic carbocycles. The van der Waals surface area contributed by atoms with Crippen LogP contribution in [0.3, 0.4) is 0 Å². The number of para-hydroxylation sites is 1. The molecule has 2 rings (SSSR count). The first-order valence-electron chi connectivity index (χ1n) is 6.28. The van der Waals surface area contributed by atoms with Crippen molar-refractivity contribution in [2.45, 2.75) is 33.2 Å². The van der Waals surface area contributed by atoms with Crippen LogP contribution in [-0.4, -0.2) is 17.1 Å². The summed E-state index contributed by atoms with van der Waals surface area (Å²) in [6.45, 7) is 10.1. The molecule has 1 aliphatic heterocycles. The van der Waals surface area contributed by atoms with E-state index >= 15 is 0 Å². The van der Waals surface area contributed by atoms with Crippen LogP contribution in [0.4, 0.5) is 5.69 Å². The molecule has 17 heavy (non-hydrogen) atoms. The summed E-state index contributed by atoms with van der Waals surface area (Å²) in [5.74, 6) is 0.628. The molecule has 0 saturated carbocycles. The Balaban J connectivity index is 2.10. The van der Waals surface area contributed by atoms with Crippen molar-refractivity contribution in [2.75, 3.05) is 11.6 Å². The van der Waals surface area contributed by atoms with Crippen LogP contribution >= 0.6 is 0 Å². The predicted molar refractivity (Wildman–Crippen MR) is 73.7 cm³/mol. The quantitative estimate of drug-likeness (QED) is 0.781. The van der Waals surface area contributed by atoms with Crippen molar-refractivity contribution in [1.82, 2.24) is 4.90 Å². The number of hydrogen-bond acceptors (Lipinski definition) is 2. The van der Waals surface area contributed by atoms with Gasteiger partial charge in [0.05, 0.1) is 6.67 Å². The molecule has 92 valence electrons. The molecule has 0 bridgehead atoms. The molecule has 1 aliphatic rings. The Kier molecular flexibility index (Phi) is 3.14. The summed E-state index contributed by atoms with van der Waals surface area (Å²) in [5, 5.41) is 0. The summed E-state index contributed by atoms with van der Waals surface area (Å²) in [6, 6.07) is 10.5. The third-order valence-electron chi connectivity index (χ3n) is 3.97. The van der Waals surface area contributed by atoms with Gasteiger partial charge in [0, 0.05) is 23.6 Å². The maximum atomic E-state index is 2.41. The number of nitrogens with zero attached hydrogens (tertiary/aromatic N) is 2. The highest BCUT2D eigenvalue weighted by Crippen LogP contribution is 2.29. The highest BCUT2D eigenvalue weighted by atomic mass is 15.4. The molecule has 1 aromatic rings. The normalized spacial score (nSPS) is 16.1. The first kappa shape index (κ1) is 12.0. The van der Waals surface area contributed by atoms with Gasteiger partial charge in [-0.1, -0.05) is 32.0 Å². The van der Waals surface area contributed by atoms with Gasteiger partial charge in [-0.2, -0.15) is 0 Å². The molecule has 0 aliphatic carbocycles. The van der Waals surface area contributed by atoms with Gasteiger partial charge >= 0.3 is 0 Å². The summed E-state index contributed by atoms with van der Waals surface area (Å²) >= 11 is 0. The molecular formula is C15H22N2. The zero-order chi connectivity index (χ0) is 12.5. The number of rotatable bonds is 3. The molecule has 2 nitrogen and oxygen atoms in total. The van der Waals surface area contributed by atoms with Gasteiger partial charge in [0.25, 0.3) is 0 Å². The Morgan fingerprint density at radius 3 is 2.29 bits per heavy atom. The van der Waals surface area contributed by atoms with E-state index in [9.17, 15) is 0 Å². The standard InChI is InChI=1S/C15H22N2/c1-13(2)15(3,4)17-11-10-16(12-17)14-8-6-5-7-9-14/h5-11,13H,12H2,1-4H3. The van der Waals surface area contributed by atoms with Gasteiger partial charge in [-0.05, 0) is 31.9 Å². The summed E-state index contributed by atoms with van der Waals surface area (Å²) in [7, 11) is 0. The number of hydrogen-bond donors (Lipinski definition) is 0. The van der Waals surface area contributed by atoms with E-state index < -0.39 is 0 Å². The SMILES string of the molecule is CC(C)C(C)(C)N1C=CN(c2ccccc2)C1. The second-order valence-electron chi connectivity index (χ2n) is 5.52. The lowest BCUT2D eigenvalue weighted by Gasteiger charge is -2.40. The van der Waals surface area contributed by atoms with Crippen molar-refractivity contribution in [3.8, 4) is 0 Å². The maximum Gasteiger partial charge on any atom is 0.0947 e. The lowest BCUT2D eigenvalue weighted by molar-refractivity contribution is 0.140. The second-order valence-corrected chi connectivity index (χ2v) is 5.52. The minimum atomic E-state index is 0.194. The summed E-state index contributed by atoms with van der Waals surface area (Å²) in [4.78, 5) is 4.69. The van der Waals surface area contributed by atoms with Crippen LogP contribution in [0.5, 0.6) is 0 Å². The van der Waals surface area contributed by atoms with Crippen LogP contribution in [-0.2, 0) is 0 Å². The van der Waals surface area contributed by atoms with Crippen LogP contribution in [0.25, 0.3) is 0 Å². The molecule has 0 spiro atoms. The van der Waals surface area contributed by atoms with Crippen molar-refractivity contribution >= 4 is 5.69 Å². The third-order valence-corrected chi connectivity index (χ3v) is 3.97. The molecular weight excluding hydrogens is 208 g/mol. The van der Waals surface area contributed by atoms with Crippen molar-refractivity contribution in [3.05, 3.63) is 42.7 Å². The van der Waals surface area contributed by atoms with E-state index in [2.05, 4.69) is 80.2 Å². The smallest absolute Gasteiger partial charge is 0.0947 e. The summed E-state index contributed by atoms with van der Waals surface area (Å²) in [5.41, 5.74) is 1.45. The van der Waals surface area contributed by atoms with Crippen LogP contribution in [0.15, 0.2) is 42.7 Å². The van der Waals surface area contributed by atoms with Gasteiger partial charge in [-0.3, -0.25) is 0 Å². The van der Waals surface area contributed by atoms with Crippen LogP contribution < -0.4 is 4.90 Å². The molecule has 0 unspecified atom stereocenters. The number of anilines is 1. The molecule has 0 N–H and O–H groups in total. The van der Waals surface area contributed by atoms with Crippen LogP contribution in [0.1, 0.15) is 27.7 Å². The molecule has 0 radical (unpaired) electrons. The minimum Gasteiger partial charge on any atom is -0.353 e. The Hall–Kier alpha value is -1.44. The van der Waals surface area contributed by atoms with Crippen LogP contribution in [0.2, 0.25) is 0 Å². The fourth-order valence-electron chi connectivity index (χ4n) is 1.91. The van der Waals surface area contributed by atoms with Crippen molar-refractivity contribution < 1.29 is 0 Å². The molecule has 0 amide bonds. The van der Waals surface area contributed by atoms with E-state index in [1.807, 2.05) is 0 Å². The van der Waals surface area contributed by atoms with Gasteiger partial charge in [0.15, 0.2) is 0 Å². The largest absolute Gasteiger partial charge is 0.353 e. The Morgan fingerprint density at radius 2 is 1.71 bits per heavy atom. The van der Waals surface area contributed by atoms with E-state index in [1.165, 1.54) is 5.69 Å². The maximum absolute atomic E-state index is 2.41. The van der Waals surface area contributed by atoms with Crippen molar-refractivity contribution in [1.29, 1.82) is 0 Å². The molecule has 0 saturated heterocycles. The molecule has 1 heterocycles. The highest BCUT2D eigenvalue weighted by molar-refractivity contribution is 5.50. The van der Waals surface area contributed by atoms with E-state index in [-0.39, 0.29) is 5.54 Å². The molecule has 0 fully saturated rings. The average molecular weight is 230 g/mol. The first-order valence-corrected chi connectivity index (χ1v) is 6.28. The van der Waals surface area contributed by atoms with Gasteiger partial charge in [0.1, 0.15) is 0 Å². The van der Waals surface area contributed by atoms with Gasteiger partial charge in [0.2, 0.25) is 0 Å². The topological polar surface area (TPSA) is 6.48 Å². The van der Waals surface area contributed by atoms with E-state index in [4.69, 9.17) is 0 Å². The van der Waals surface area contributed by atoms with Gasteiger partial charge < -0.3 is 9.80 Å². The monoisotopic (exact) mass is 230 g/mol. The second kappa shape index (κ2) is 4.44. The number of benzene rings is 1. The molecule has 0 atom stereocenters. The zero-order valence-corrected chi connectivity index (χ0v) is 11.2. The lowest BCUT2D eigenvalue weighted by Crippen LogP contribution is -2.45. The van der Waals surface area contributed by atoms with Gasteiger partial charge in [-0.15, -0.1) is 0 Å². The minimum absolute atomic E-state index is 0.194. The summed E-state index contributed by atoms with van der Waals surface area (Å²) in [6.07, 6.45) is 4.37. The fraction of sp³-hybridized carbons (Fsp3) is 0.467. The van der Waals surface area contributed by atoms with Crippen molar-refractivity contribution in [2.24, 2.45) is 5.92 Å². The van der Waals surface area contributed by atoms with E-state index in [0.717, 1.165) is 6.67 Å². The predicted octanol–water partition coefficient (Wildman–Crippen LogP) is 3.67. The Morgan fingerprint density at radius 1 is 1.06 bits per heavy atom. The average Bonchev–Trinajstić information content (AvgIpc) is 2.80. The van der Waals surface area contributed by atoms with E-state index in [1.54, 1.807) is 0 Å². The van der Waals surface area contributed by atoms with Crippen molar-refractivity contribution in [3.63, 3.8) is 0 Å². The van der Waals surface area contributed by atoms with Gasteiger partial charge in [-0.25, -0.2) is 0 Å². The third kappa shape index (κ3) is 2.31.